The summed E-state index contributed by atoms with van der Waals surface area (Å²) in [7, 11) is 1.48. The Morgan fingerprint density at radius 3 is 2.76 bits per heavy atom. The normalized spacial score (nSPS) is 20.4. The van der Waals surface area contributed by atoms with Crippen LogP contribution in [0.3, 0.4) is 0 Å². The molecule has 1 fully saturated rings. The molecule has 7 heteroatoms. The number of carbonyl (C=O) groups excluding carboxylic acids is 1. The van der Waals surface area contributed by atoms with Crippen LogP contribution in [0.4, 0.5) is 0 Å². The highest BCUT2D eigenvalue weighted by molar-refractivity contribution is 5.93. The molecule has 1 atom stereocenters. The predicted octanol–water partition coefficient (Wildman–Crippen LogP) is 1.83. The minimum Gasteiger partial charge on any atom is -0.481 e. The van der Waals surface area contributed by atoms with Gasteiger partial charge in [0, 0.05) is 25.9 Å². The number of methoxy groups -OCH3 is 1. The van der Waals surface area contributed by atoms with Gasteiger partial charge in [-0.25, -0.2) is 4.98 Å². The second-order valence-electron chi connectivity index (χ2n) is 6.33. The van der Waals surface area contributed by atoms with Crippen LogP contribution in [0.15, 0.2) is 42.9 Å². The topological polar surface area (TPSA) is 84.7 Å². The first-order chi connectivity index (χ1) is 12.1. The summed E-state index contributed by atoms with van der Waals surface area (Å²) in [6, 6.07) is 9.46. The van der Waals surface area contributed by atoms with Crippen molar-refractivity contribution < 1.29 is 19.4 Å². The van der Waals surface area contributed by atoms with Crippen molar-refractivity contribution in [3.8, 4) is 5.69 Å². The third kappa shape index (κ3) is 3.28. The molecule has 2 heterocycles. The molecule has 1 amide bonds. The number of piperidine rings is 1. The Hall–Kier alpha value is -2.67. The lowest BCUT2D eigenvalue weighted by molar-refractivity contribution is -0.155. The number of aliphatic carboxylic acids is 1. The van der Waals surface area contributed by atoms with E-state index in [2.05, 4.69) is 4.98 Å². The first kappa shape index (κ1) is 17.2. The van der Waals surface area contributed by atoms with Crippen molar-refractivity contribution in [2.75, 3.05) is 26.8 Å². The average Bonchev–Trinajstić information content (AvgIpc) is 3.12. The van der Waals surface area contributed by atoms with Crippen LogP contribution in [-0.4, -0.2) is 58.2 Å². The molecule has 0 radical (unpaired) electrons. The lowest BCUT2D eigenvalue weighted by atomic mass is 9.80. The van der Waals surface area contributed by atoms with Crippen LogP contribution in [0.25, 0.3) is 5.69 Å². The van der Waals surface area contributed by atoms with E-state index in [1.165, 1.54) is 13.3 Å². The number of amides is 1. The first-order valence-electron chi connectivity index (χ1n) is 8.17. The number of likely N-dealkylation sites (tertiary alicyclic amines) is 1. The highest BCUT2D eigenvalue weighted by Gasteiger charge is 2.44. The van der Waals surface area contributed by atoms with Crippen molar-refractivity contribution in [1.82, 2.24) is 14.5 Å². The number of carbonyl (C=O) groups is 2. The molecule has 2 aromatic rings. The van der Waals surface area contributed by atoms with Crippen LogP contribution in [0.2, 0.25) is 0 Å². The smallest absolute Gasteiger partial charge is 0.313 e. The maximum absolute atomic E-state index is 13.0. The summed E-state index contributed by atoms with van der Waals surface area (Å²) in [4.78, 5) is 30.5. The molecular weight excluding hydrogens is 322 g/mol. The monoisotopic (exact) mass is 343 g/mol. The van der Waals surface area contributed by atoms with E-state index in [0.29, 0.717) is 25.1 Å². The number of imidazole rings is 1. The maximum atomic E-state index is 13.0. The van der Waals surface area contributed by atoms with Crippen LogP contribution in [0.1, 0.15) is 23.3 Å². The second kappa shape index (κ2) is 7.06. The van der Waals surface area contributed by atoms with Gasteiger partial charge >= 0.3 is 5.97 Å². The maximum Gasteiger partial charge on any atom is 0.313 e. The highest BCUT2D eigenvalue weighted by atomic mass is 16.5. The van der Waals surface area contributed by atoms with Gasteiger partial charge < -0.3 is 14.7 Å². The van der Waals surface area contributed by atoms with Crippen LogP contribution >= 0.6 is 0 Å². The Balaban J connectivity index is 1.87. The number of benzene rings is 1. The third-order valence-corrected chi connectivity index (χ3v) is 4.63. The van der Waals surface area contributed by atoms with E-state index in [1.807, 2.05) is 30.3 Å². The number of carboxylic acid groups (broad SMARTS) is 1. The van der Waals surface area contributed by atoms with Gasteiger partial charge in [-0.1, -0.05) is 18.2 Å². The summed E-state index contributed by atoms with van der Waals surface area (Å²) < 4.78 is 6.84. The zero-order valence-electron chi connectivity index (χ0n) is 14.1. The minimum absolute atomic E-state index is 0.0874. The molecule has 1 saturated heterocycles. The lowest BCUT2D eigenvalue weighted by Crippen LogP contribution is -2.52. The number of ether oxygens (including phenoxy) is 1. The highest BCUT2D eigenvalue weighted by Crippen LogP contribution is 2.31. The van der Waals surface area contributed by atoms with E-state index < -0.39 is 11.4 Å². The molecule has 0 aliphatic carbocycles. The van der Waals surface area contributed by atoms with E-state index >= 15 is 0 Å². The summed E-state index contributed by atoms with van der Waals surface area (Å²) >= 11 is 0. The van der Waals surface area contributed by atoms with E-state index in [0.717, 1.165) is 5.69 Å². The van der Waals surface area contributed by atoms with Gasteiger partial charge in [-0.2, -0.15) is 0 Å². The fourth-order valence-electron chi connectivity index (χ4n) is 3.35. The van der Waals surface area contributed by atoms with Crippen molar-refractivity contribution in [3.05, 3.63) is 48.5 Å². The molecule has 1 unspecified atom stereocenters. The van der Waals surface area contributed by atoms with Crippen molar-refractivity contribution in [2.24, 2.45) is 5.41 Å². The fourth-order valence-corrected chi connectivity index (χ4v) is 3.35. The number of carboxylic acids is 1. The van der Waals surface area contributed by atoms with Crippen molar-refractivity contribution >= 4 is 11.9 Å². The molecule has 0 spiro atoms. The Labute approximate surface area is 145 Å². The molecule has 0 bridgehead atoms. The van der Waals surface area contributed by atoms with Gasteiger partial charge in [0.1, 0.15) is 11.1 Å². The van der Waals surface area contributed by atoms with E-state index in [1.54, 1.807) is 15.8 Å². The molecule has 0 saturated carbocycles. The zero-order valence-corrected chi connectivity index (χ0v) is 14.1. The summed E-state index contributed by atoms with van der Waals surface area (Å²) in [5.41, 5.74) is 0.201. The first-order valence-corrected chi connectivity index (χ1v) is 8.17. The number of hydrogen-bond acceptors (Lipinski definition) is 4. The molecule has 7 nitrogen and oxygen atoms in total. The van der Waals surface area contributed by atoms with E-state index in [4.69, 9.17) is 4.74 Å². The number of para-hydroxylation sites is 1. The summed E-state index contributed by atoms with van der Waals surface area (Å²) in [6.07, 6.45) is 4.23. The summed E-state index contributed by atoms with van der Waals surface area (Å²) in [5, 5.41) is 9.65. The Morgan fingerprint density at radius 2 is 2.08 bits per heavy atom. The Kier molecular flexibility index (Phi) is 4.85. The predicted molar refractivity (Wildman–Crippen MR) is 90.6 cm³/mol. The van der Waals surface area contributed by atoms with Gasteiger partial charge in [0.15, 0.2) is 0 Å². The summed E-state index contributed by atoms with van der Waals surface area (Å²) in [5.74, 6) is -1.15. The van der Waals surface area contributed by atoms with Gasteiger partial charge in [-0.3, -0.25) is 14.2 Å². The molecule has 1 aliphatic rings. The molecule has 1 N–H and O–H groups in total. The van der Waals surface area contributed by atoms with Gasteiger partial charge in [0.05, 0.1) is 19.1 Å². The van der Waals surface area contributed by atoms with Crippen LogP contribution in [0.5, 0.6) is 0 Å². The number of nitrogens with zero attached hydrogens (tertiary/aromatic N) is 3. The number of hydrogen-bond donors (Lipinski definition) is 1. The fraction of sp³-hybridized carbons (Fsp3) is 0.389. The van der Waals surface area contributed by atoms with Crippen LogP contribution in [-0.2, 0) is 9.53 Å². The van der Waals surface area contributed by atoms with Crippen molar-refractivity contribution in [1.29, 1.82) is 0 Å². The van der Waals surface area contributed by atoms with Gasteiger partial charge in [-0.15, -0.1) is 0 Å². The van der Waals surface area contributed by atoms with E-state index in [9.17, 15) is 14.7 Å². The second-order valence-corrected chi connectivity index (χ2v) is 6.33. The average molecular weight is 343 g/mol. The minimum atomic E-state index is -1.06. The number of rotatable bonds is 5. The van der Waals surface area contributed by atoms with Crippen molar-refractivity contribution in [2.45, 2.75) is 12.8 Å². The van der Waals surface area contributed by atoms with E-state index in [-0.39, 0.29) is 19.1 Å². The van der Waals surface area contributed by atoms with Crippen molar-refractivity contribution in [3.63, 3.8) is 0 Å². The largest absolute Gasteiger partial charge is 0.481 e. The molecular formula is C18H21N3O4. The zero-order chi connectivity index (χ0) is 17.9. The molecule has 25 heavy (non-hydrogen) atoms. The SMILES string of the molecule is COCC1(C(=O)O)CCCN(C(=O)c2cncn2-c2ccccc2)C1. The van der Waals surface area contributed by atoms with Crippen LogP contribution in [0, 0.1) is 5.41 Å². The Bertz CT molecular complexity index is 755. The number of aromatic nitrogens is 2. The molecule has 1 aromatic carbocycles. The van der Waals surface area contributed by atoms with Gasteiger partial charge in [0.2, 0.25) is 0 Å². The Morgan fingerprint density at radius 1 is 1.32 bits per heavy atom. The summed E-state index contributed by atoms with van der Waals surface area (Å²) in [6.45, 7) is 0.747. The quantitative estimate of drug-likeness (QED) is 0.895. The standard InChI is InChI=1S/C18H21N3O4/c1-25-12-18(17(23)24)8-5-9-20(11-18)16(22)15-10-19-13-21(15)14-6-3-2-4-7-14/h2-4,6-7,10,13H,5,8-9,11-12H2,1H3,(H,23,24). The molecule has 3 rings (SSSR count). The molecule has 1 aromatic heterocycles. The molecule has 1 aliphatic heterocycles. The lowest BCUT2D eigenvalue weighted by Gasteiger charge is -2.39. The van der Waals surface area contributed by atoms with Gasteiger partial charge in [0.25, 0.3) is 5.91 Å². The third-order valence-electron chi connectivity index (χ3n) is 4.63. The molecule has 132 valence electrons. The van der Waals surface area contributed by atoms with Crippen LogP contribution < -0.4 is 0 Å². The van der Waals surface area contributed by atoms with Gasteiger partial charge in [-0.05, 0) is 25.0 Å².